The molecular weight excluding hydrogens is 331 g/mol. The van der Waals surface area contributed by atoms with Crippen molar-refractivity contribution in [3.63, 3.8) is 0 Å². The minimum absolute atomic E-state index is 0.0614. The van der Waals surface area contributed by atoms with Gasteiger partial charge in [0, 0.05) is 13.1 Å². The van der Waals surface area contributed by atoms with Crippen molar-refractivity contribution in [1.82, 2.24) is 10.2 Å². The molecule has 6 nitrogen and oxygen atoms in total. The maximum atomic E-state index is 11.2. The van der Waals surface area contributed by atoms with Crippen LogP contribution < -0.4 is 5.32 Å². The van der Waals surface area contributed by atoms with E-state index in [0.29, 0.717) is 15.6 Å². The molecule has 2 atom stereocenters. The van der Waals surface area contributed by atoms with Gasteiger partial charge in [0.15, 0.2) is 0 Å². The van der Waals surface area contributed by atoms with E-state index in [0.717, 1.165) is 4.90 Å². The first-order valence-corrected chi connectivity index (χ1v) is 7.54. The van der Waals surface area contributed by atoms with Gasteiger partial charge in [-0.05, 0) is 24.7 Å². The Balaban J connectivity index is 2.37. The summed E-state index contributed by atoms with van der Waals surface area (Å²) in [4.78, 5) is 12.4. The zero-order chi connectivity index (χ0) is 16.3. The molecule has 0 bridgehead atoms. The van der Waals surface area contributed by atoms with Gasteiger partial charge in [-0.3, -0.25) is 0 Å². The van der Waals surface area contributed by atoms with Gasteiger partial charge in [-0.2, -0.15) is 0 Å². The Labute approximate surface area is 138 Å². The molecule has 1 aliphatic rings. The molecule has 1 fully saturated rings. The van der Waals surface area contributed by atoms with Gasteiger partial charge in [0.25, 0.3) is 0 Å². The molecular formula is C14H18Cl2N2O4. The van der Waals surface area contributed by atoms with Crippen LogP contribution in [0.5, 0.6) is 0 Å². The predicted octanol–water partition coefficient (Wildman–Crippen LogP) is 2.00. The molecule has 3 N–H and O–H groups in total. The standard InChI is InChI=1S/C14H18Cl2N2O4/c1-17-7-14(21)8-18(13(19)20)4-5-22-12(14)9-2-3-10(15)11(16)6-9/h2-3,6,12,17,21H,4-5,7-8H2,1H3,(H,19,20). The summed E-state index contributed by atoms with van der Waals surface area (Å²) in [5.74, 6) is 0. The zero-order valence-corrected chi connectivity index (χ0v) is 13.6. The number of nitrogens with one attached hydrogen (secondary N) is 1. The molecule has 2 unspecified atom stereocenters. The minimum atomic E-state index is -1.42. The molecule has 0 radical (unpaired) electrons. The van der Waals surface area contributed by atoms with Crippen molar-refractivity contribution < 1.29 is 19.7 Å². The number of aliphatic hydroxyl groups is 1. The van der Waals surface area contributed by atoms with Crippen molar-refractivity contribution in [3.05, 3.63) is 33.8 Å². The van der Waals surface area contributed by atoms with Crippen LogP contribution in [0, 0.1) is 0 Å². The average Bonchev–Trinajstić information content (AvgIpc) is 2.62. The van der Waals surface area contributed by atoms with E-state index in [1.165, 1.54) is 0 Å². The zero-order valence-electron chi connectivity index (χ0n) is 12.1. The molecule has 1 heterocycles. The molecule has 1 saturated heterocycles. The van der Waals surface area contributed by atoms with Gasteiger partial charge in [0.1, 0.15) is 11.7 Å². The number of rotatable bonds is 3. The van der Waals surface area contributed by atoms with Gasteiger partial charge >= 0.3 is 6.09 Å². The molecule has 8 heteroatoms. The number of hydrogen-bond donors (Lipinski definition) is 3. The molecule has 0 spiro atoms. The van der Waals surface area contributed by atoms with E-state index in [-0.39, 0.29) is 26.2 Å². The highest BCUT2D eigenvalue weighted by molar-refractivity contribution is 6.42. The van der Waals surface area contributed by atoms with Crippen molar-refractivity contribution >= 4 is 29.3 Å². The number of halogens is 2. The summed E-state index contributed by atoms with van der Waals surface area (Å²) in [6.45, 7) is 0.484. The fraction of sp³-hybridized carbons (Fsp3) is 0.500. The smallest absolute Gasteiger partial charge is 0.407 e. The number of amides is 1. The highest BCUT2D eigenvalue weighted by atomic mass is 35.5. The molecule has 0 aliphatic carbocycles. The number of hydrogen-bond acceptors (Lipinski definition) is 4. The van der Waals surface area contributed by atoms with E-state index in [4.69, 9.17) is 27.9 Å². The Morgan fingerprint density at radius 2 is 2.23 bits per heavy atom. The number of carbonyl (C=O) groups is 1. The van der Waals surface area contributed by atoms with Gasteiger partial charge in [0.05, 0.1) is 23.2 Å². The monoisotopic (exact) mass is 348 g/mol. The molecule has 0 aromatic heterocycles. The van der Waals surface area contributed by atoms with Crippen LogP contribution in [0.4, 0.5) is 4.79 Å². The van der Waals surface area contributed by atoms with E-state index in [9.17, 15) is 15.0 Å². The Hall–Kier alpha value is -1.05. The molecule has 2 rings (SSSR count). The number of nitrogens with zero attached hydrogens (tertiary/aromatic N) is 1. The molecule has 122 valence electrons. The fourth-order valence-electron chi connectivity index (χ4n) is 2.63. The largest absolute Gasteiger partial charge is 0.465 e. The van der Waals surface area contributed by atoms with Crippen LogP contribution in [0.25, 0.3) is 0 Å². The van der Waals surface area contributed by atoms with Crippen LogP contribution in [0.2, 0.25) is 10.0 Å². The lowest BCUT2D eigenvalue weighted by atomic mass is 9.90. The highest BCUT2D eigenvalue weighted by Crippen LogP contribution is 2.35. The summed E-state index contributed by atoms with van der Waals surface area (Å²) in [5, 5.41) is 23.8. The molecule has 22 heavy (non-hydrogen) atoms. The second-order valence-electron chi connectivity index (χ2n) is 5.26. The van der Waals surface area contributed by atoms with E-state index in [1.807, 2.05) is 0 Å². The van der Waals surface area contributed by atoms with Gasteiger partial charge < -0.3 is 25.2 Å². The third kappa shape index (κ3) is 3.64. The van der Waals surface area contributed by atoms with Crippen molar-refractivity contribution in [2.45, 2.75) is 11.7 Å². The van der Waals surface area contributed by atoms with Crippen LogP contribution in [-0.2, 0) is 4.74 Å². The van der Waals surface area contributed by atoms with Crippen molar-refractivity contribution in [3.8, 4) is 0 Å². The van der Waals surface area contributed by atoms with Crippen LogP contribution in [0.3, 0.4) is 0 Å². The van der Waals surface area contributed by atoms with Crippen molar-refractivity contribution in [2.75, 3.05) is 33.3 Å². The number of ether oxygens (including phenoxy) is 1. The first-order valence-electron chi connectivity index (χ1n) is 6.79. The van der Waals surface area contributed by atoms with Crippen LogP contribution in [-0.4, -0.2) is 60.1 Å². The second-order valence-corrected chi connectivity index (χ2v) is 6.08. The van der Waals surface area contributed by atoms with Crippen LogP contribution in [0.1, 0.15) is 11.7 Å². The van der Waals surface area contributed by atoms with Gasteiger partial charge in [-0.1, -0.05) is 29.3 Å². The van der Waals surface area contributed by atoms with E-state index >= 15 is 0 Å². The third-order valence-electron chi connectivity index (χ3n) is 3.60. The quantitative estimate of drug-likeness (QED) is 0.778. The van der Waals surface area contributed by atoms with Gasteiger partial charge in [-0.15, -0.1) is 0 Å². The van der Waals surface area contributed by atoms with Crippen molar-refractivity contribution in [1.29, 1.82) is 0 Å². The summed E-state index contributed by atoms with van der Waals surface area (Å²) in [7, 11) is 1.68. The summed E-state index contributed by atoms with van der Waals surface area (Å²) in [6, 6.07) is 4.98. The molecule has 0 saturated carbocycles. The SMILES string of the molecule is CNCC1(O)CN(C(=O)O)CCOC1c1ccc(Cl)c(Cl)c1. The van der Waals surface area contributed by atoms with E-state index in [1.54, 1.807) is 25.2 Å². The lowest BCUT2D eigenvalue weighted by molar-refractivity contribution is -0.0964. The average molecular weight is 349 g/mol. The lowest BCUT2D eigenvalue weighted by Crippen LogP contribution is -2.53. The Kier molecular flexibility index (Phi) is 5.52. The Morgan fingerprint density at radius 3 is 2.82 bits per heavy atom. The summed E-state index contributed by atoms with van der Waals surface area (Å²) in [6.07, 6.45) is -1.80. The molecule has 1 aromatic carbocycles. The normalized spacial score (nSPS) is 25.8. The highest BCUT2D eigenvalue weighted by Gasteiger charge is 2.43. The third-order valence-corrected chi connectivity index (χ3v) is 4.34. The molecule has 1 aromatic rings. The van der Waals surface area contributed by atoms with Gasteiger partial charge in [0.2, 0.25) is 0 Å². The second kappa shape index (κ2) is 7.02. The Morgan fingerprint density at radius 1 is 1.50 bits per heavy atom. The minimum Gasteiger partial charge on any atom is -0.465 e. The molecule has 1 aliphatic heterocycles. The lowest BCUT2D eigenvalue weighted by Gasteiger charge is -2.36. The van der Waals surface area contributed by atoms with Crippen LogP contribution in [0.15, 0.2) is 18.2 Å². The number of carboxylic acid groups (broad SMARTS) is 1. The maximum Gasteiger partial charge on any atom is 0.407 e. The van der Waals surface area contributed by atoms with Gasteiger partial charge in [-0.25, -0.2) is 4.79 Å². The van der Waals surface area contributed by atoms with Crippen LogP contribution >= 0.6 is 23.2 Å². The number of likely N-dealkylation sites (N-methyl/N-ethyl adjacent to an activating group) is 1. The van der Waals surface area contributed by atoms with Crippen molar-refractivity contribution in [2.24, 2.45) is 0 Å². The van der Waals surface area contributed by atoms with E-state index in [2.05, 4.69) is 5.32 Å². The number of benzene rings is 1. The first kappa shape index (κ1) is 17.3. The summed E-state index contributed by atoms with van der Waals surface area (Å²) in [5.41, 5.74) is -0.764. The fourth-order valence-corrected chi connectivity index (χ4v) is 2.93. The summed E-state index contributed by atoms with van der Waals surface area (Å²) < 4.78 is 5.74. The molecule has 1 amide bonds. The number of β-amino-alcohol motifs (C(OH)–C–C–N with tert-alkyl or cyclic N) is 1. The summed E-state index contributed by atoms with van der Waals surface area (Å²) >= 11 is 11.9. The maximum absolute atomic E-state index is 11.2. The van der Waals surface area contributed by atoms with E-state index < -0.39 is 17.8 Å². The topological polar surface area (TPSA) is 82.0 Å². The predicted molar refractivity (Wildman–Crippen MR) is 83.6 cm³/mol. The first-order chi connectivity index (χ1) is 10.4. The Bertz CT molecular complexity index is 558.